The topological polar surface area (TPSA) is 57.9 Å². The quantitative estimate of drug-likeness (QED) is 0.354. The molecule has 0 bridgehead atoms. The average molecular weight is 462 g/mol. The third-order valence-corrected chi connectivity index (χ3v) is 4.85. The Morgan fingerprint density at radius 1 is 0.970 bits per heavy atom. The first-order chi connectivity index (χ1) is 15.5. The standard InChI is InChI=1S/C25H25F3O5/c1-5-30-23(29)24(3,4)33-20-12-10-19(11-13-20)31-15-22-16(2)14-21(32-22)17-6-8-18(9-7-17)25(26,27)28/h6-14H,5,15H2,1-4H3. The molecule has 3 aromatic rings. The van der Waals surface area contributed by atoms with Gasteiger partial charge in [0.25, 0.3) is 0 Å². The molecular formula is C25H25F3O5. The van der Waals surface area contributed by atoms with Gasteiger partial charge in [0.1, 0.15) is 29.6 Å². The van der Waals surface area contributed by atoms with Crippen molar-refractivity contribution in [2.45, 2.75) is 46.1 Å². The molecule has 0 unspecified atom stereocenters. The summed E-state index contributed by atoms with van der Waals surface area (Å²) in [5.74, 6) is 1.61. The molecule has 2 aromatic carbocycles. The third kappa shape index (κ3) is 6.09. The van der Waals surface area contributed by atoms with Gasteiger partial charge in [0.2, 0.25) is 0 Å². The molecule has 0 saturated heterocycles. The Morgan fingerprint density at radius 2 is 1.58 bits per heavy atom. The van der Waals surface area contributed by atoms with Crippen LogP contribution in [-0.2, 0) is 22.3 Å². The molecule has 3 rings (SSSR count). The molecule has 0 amide bonds. The Bertz CT molecular complexity index is 1080. The highest BCUT2D eigenvalue weighted by Crippen LogP contribution is 2.32. The average Bonchev–Trinajstić information content (AvgIpc) is 3.13. The van der Waals surface area contributed by atoms with Crippen LogP contribution < -0.4 is 9.47 Å². The lowest BCUT2D eigenvalue weighted by molar-refractivity contribution is -0.158. The molecule has 0 fully saturated rings. The molecule has 33 heavy (non-hydrogen) atoms. The molecule has 1 aromatic heterocycles. The van der Waals surface area contributed by atoms with E-state index in [-0.39, 0.29) is 13.2 Å². The molecule has 0 aliphatic carbocycles. The maximum atomic E-state index is 12.8. The first-order valence-corrected chi connectivity index (χ1v) is 10.4. The van der Waals surface area contributed by atoms with Crippen molar-refractivity contribution in [2.24, 2.45) is 0 Å². The number of alkyl halides is 3. The van der Waals surface area contributed by atoms with Gasteiger partial charge in [-0.15, -0.1) is 0 Å². The van der Waals surface area contributed by atoms with Gasteiger partial charge in [-0.25, -0.2) is 4.79 Å². The SMILES string of the molecule is CCOC(=O)C(C)(C)Oc1ccc(OCc2oc(-c3ccc(C(F)(F)F)cc3)cc2C)cc1. The van der Waals surface area contributed by atoms with Crippen molar-refractivity contribution in [3.63, 3.8) is 0 Å². The molecule has 0 aliphatic heterocycles. The van der Waals surface area contributed by atoms with Crippen molar-refractivity contribution in [3.8, 4) is 22.8 Å². The van der Waals surface area contributed by atoms with Crippen LogP contribution in [0.2, 0.25) is 0 Å². The van der Waals surface area contributed by atoms with Gasteiger partial charge in [0.15, 0.2) is 5.60 Å². The summed E-state index contributed by atoms with van der Waals surface area (Å²) < 4.78 is 60.6. The molecule has 0 N–H and O–H groups in total. The molecular weight excluding hydrogens is 437 g/mol. The van der Waals surface area contributed by atoms with Crippen molar-refractivity contribution in [2.75, 3.05) is 6.61 Å². The van der Waals surface area contributed by atoms with Gasteiger partial charge in [-0.1, -0.05) is 12.1 Å². The van der Waals surface area contributed by atoms with E-state index in [1.54, 1.807) is 51.1 Å². The smallest absolute Gasteiger partial charge is 0.416 e. The van der Waals surface area contributed by atoms with Gasteiger partial charge >= 0.3 is 12.1 Å². The second kappa shape index (κ2) is 9.60. The van der Waals surface area contributed by atoms with E-state index in [1.165, 1.54) is 12.1 Å². The molecule has 176 valence electrons. The van der Waals surface area contributed by atoms with Gasteiger partial charge in [-0.05, 0) is 75.7 Å². The van der Waals surface area contributed by atoms with Crippen LogP contribution in [0.1, 0.15) is 37.7 Å². The zero-order valence-electron chi connectivity index (χ0n) is 18.8. The Balaban J connectivity index is 1.63. The minimum absolute atomic E-state index is 0.140. The van der Waals surface area contributed by atoms with E-state index in [0.29, 0.717) is 28.6 Å². The first-order valence-electron chi connectivity index (χ1n) is 10.4. The van der Waals surface area contributed by atoms with Gasteiger partial charge in [0, 0.05) is 5.56 Å². The third-order valence-electron chi connectivity index (χ3n) is 4.85. The Morgan fingerprint density at radius 3 is 2.15 bits per heavy atom. The van der Waals surface area contributed by atoms with Crippen LogP contribution in [0.5, 0.6) is 11.5 Å². The Hall–Kier alpha value is -3.42. The lowest BCUT2D eigenvalue weighted by Gasteiger charge is -2.24. The molecule has 0 saturated carbocycles. The summed E-state index contributed by atoms with van der Waals surface area (Å²) in [6.45, 7) is 7.23. The number of benzene rings is 2. The summed E-state index contributed by atoms with van der Waals surface area (Å²) in [5, 5.41) is 0. The maximum absolute atomic E-state index is 12.8. The highest BCUT2D eigenvalue weighted by molar-refractivity contribution is 5.79. The van der Waals surface area contributed by atoms with E-state index in [9.17, 15) is 18.0 Å². The summed E-state index contributed by atoms with van der Waals surface area (Å²) in [7, 11) is 0. The van der Waals surface area contributed by atoms with Crippen LogP contribution in [0.15, 0.2) is 59.0 Å². The lowest BCUT2D eigenvalue weighted by Crippen LogP contribution is -2.39. The fraction of sp³-hybridized carbons (Fsp3) is 0.320. The van der Waals surface area contributed by atoms with Crippen molar-refractivity contribution >= 4 is 5.97 Å². The molecule has 0 atom stereocenters. The van der Waals surface area contributed by atoms with Crippen LogP contribution in [0.25, 0.3) is 11.3 Å². The zero-order chi connectivity index (χ0) is 24.2. The number of carbonyl (C=O) groups is 1. The number of hydrogen-bond acceptors (Lipinski definition) is 5. The van der Waals surface area contributed by atoms with Crippen LogP contribution in [0, 0.1) is 6.92 Å². The van der Waals surface area contributed by atoms with Crippen molar-refractivity contribution in [3.05, 3.63) is 71.5 Å². The van der Waals surface area contributed by atoms with Gasteiger partial charge in [-0.3, -0.25) is 0 Å². The predicted molar refractivity (Wildman–Crippen MR) is 116 cm³/mol. The fourth-order valence-corrected chi connectivity index (χ4v) is 3.02. The number of ether oxygens (including phenoxy) is 3. The maximum Gasteiger partial charge on any atom is 0.416 e. The highest BCUT2D eigenvalue weighted by atomic mass is 19.4. The normalized spacial score (nSPS) is 11.8. The van der Waals surface area contributed by atoms with E-state index < -0.39 is 23.3 Å². The number of furan rings is 1. The van der Waals surface area contributed by atoms with Crippen molar-refractivity contribution in [1.82, 2.24) is 0 Å². The molecule has 0 spiro atoms. The van der Waals surface area contributed by atoms with Gasteiger partial charge < -0.3 is 18.6 Å². The second-order valence-electron chi connectivity index (χ2n) is 7.88. The van der Waals surface area contributed by atoms with Gasteiger partial charge in [-0.2, -0.15) is 13.2 Å². The minimum Gasteiger partial charge on any atom is -0.486 e. The monoisotopic (exact) mass is 462 g/mol. The lowest BCUT2D eigenvalue weighted by atomic mass is 10.1. The summed E-state index contributed by atoms with van der Waals surface area (Å²) in [6, 6.07) is 13.3. The number of halogens is 3. The number of aryl methyl sites for hydroxylation is 1. The van der Waals surface area contributed by atoms with Crippen LogP contribution >= 0.6 is 0 Å². The Kier molecular flexibility index (Phi) is 7.05. The molecule has 8 heteroatoms. The first kappa shape index (κ1) is 24.2. The van der Waals surface area contributed by atoms with Crippen LogP contribution in [-0.4, -0.2) is 18.2 Å². The summed E-state index contributed by atoms with van der Waals surface area (Å²) in [6.07, 6.45) is -4.38. The van der Waals surface area contributed by atoms with Crippen LogP contribution in [0.3, 0.4) is 0 Å². The number of esters is 1. The molecule has 0 radical (unpaired) electrons. The molecule has 5 nitrogen and oxygen atoms in total. The molecule has 1 heterocycles. The highest BCUT2D eigenvalue weighted by Gasteiger charge is 2.32. The summed E-state index contributed by atoms with van der Waals surface area (Å²) >= 11 is 0. The van der Waals surface area contributed by atoms with E-state index in [1.807, 2.05) is 6.92 Å². The van der Waals surface area contributed by atoms with E-state index >= 15 is 0 Å². The fourth-order valence-electron chi connectivity index (χ4n) is 3.02. The zero-order valence-corrected chi connectivity index (χ0v) is 18.8. The van der Waals surface area contributed by atoms with Crippen molar-refractivity contribution in [1.29, 1.82) is 0 Å². The Labute approximate surface area is 190 Å². The number of rotatable bonds is 8. The summed E-state index contributed by atoms with van der Waals surface area (Å²) in [4.78, 5) is 12.0. The van der Waals surface area contributed by atoms with Crippen LogP contribution in [0.4, 0.5) is 13.2 Å². The van der Waals surface area contributed by atoms with Gasteiger partial charge in [0.05, 0.1) is 12.2 Å². The minimum atomic E-state index is -4.38. The second-order valence-corrected chi connectivity index (χ2v) is 7.88. The van der Waals surface area contributed by atoms with E-state index in [2.05, 4.69) is 0 Å². The summed E-state index contributed by atoms with van der Waals surface area (Å²) in [5.41, 5.74) is -0.474. The van der Waals surface area contributed by atoms with Crippen molar-refractivity contribution < 1.29 is 36.6 Å². The van der Waals surface area contributed by atoms with E-state index in [4.69, 9.17) is 18.6 Å². The number of carbonyl (C=O) groups excluding carboxylic acids is 1. The van der Waals surface area contributed by atoms with E-state index in [0.717, 1.165) is 17.7 Å². The number of hydrogen-bond donors (Lipinski definition) is 0. The molecule has 0 aliphatic rings. The largest absolute Gasteiger partial charge is 0.486 e. The predicted octanol–water partition coefficient (Wildman–Crippen LogP) is 6.57.